The average Bonchev–Trinajstić information content (AvgIpc) is 0.918. The van der Waals surface area contributed by atoms with Crippen LogP contribution in [0, 0.1) is 0 Å². The third-order valence-electron chi connectivity index (χ3n) is 0. The molecule has 0 fully saturated rings. The molecule has 0 aliphatic rings. The van der Waals surface area contributed by atoms with E-state index in [9.17, 15) is 0 Å². The molecule has 0 aromatic heterocycles. The fourth-order valence-electron chi connectivity index (χ4n) is 0. The Morgan fingerprint density at radius 3 is 1.75 bits per heavy atom. The van der Waals surface area contributed by atoms with Crippen molar-refractivity contribution >= 4 is 8.69 Å². The van der Waals surface area contributed by atoms with Crippen LogP contribution in [0.5, 0.6) is 0 Å². The topological polar surface area (TPSA) is 71.6 Å². The van der Waals surface area contributed by atoms with Crippen molar-refractivity contribution in [3.63, 3.8) is 0 Å². The third kappa shape index (κ3) is 5250. The van der Waals surface area contributed by atoms with E-state index in [1.807, 2.05) is 0 Å². The van der Waals surface area contributed by atoms with Crippen LogP contribution in [-0.2, 0) is 4.57 Å². The molecule has 0 aromatic carbocycles. The summed E-state index contributed by atoms with van der Waals surface area (Å²) in [6.07, 6.45) is 0. The molecule has 0 spiro atoms. The summed E-state index contributed by atoms with van der Waals surface area (Å²) in [6, 6.07) is 0. The lowest BCUT2D eigenvalue weighted by Crippen LogP contribution is -1.65. The highest BCUT2D eigenvalue weighted by Gasteiger charge is 1.01. The zero-order chi connectivity index (χ0) is 2.71. The van der Waals surface area contributed by atoms with Crippen molar-refractivity contribution in [2.24, 2.45) is 0 Å². The molecule has 4 heavy (non-hydrogen) atoms. The molecule has 0 bridgehead atoms. The van der Waals surface area contributed by atoms with Gasteiger partial charge in [-0.2, -0.15) is 0 Å². The molecule has 26 valence electrons. The molecule has 0 aliphatic carbocycles. The standard InChI is InChI=1S/HO2P.H2O/c1-3-2;/h(H,1,2);1H2/p-1. The summed E-state index contributed by atoms with van der Waals surface area (Å²) in [5, 5.41) is 0. The van der Waals surface area contributed by atoms with Gasteiger partial charge in [0, 0.05) is 0 Å². The van der Waals surface area contributed by atoms with Crippen LogP contribution in [0.1, 0.15) is 0 Å². The number of rotatable bonds is 0. The lowest BCUT2D eigenvalue weighted by atomic mass is 15.9. The largest absolute Gasteiger partial charge is 0.772 e. The molecular formula is H2O3P-. The van der Waals surface area contributed by atoms with E-state index < -0.39 is 8.69 Å². The molecule has 0 amide bonds. The van der Waals surface area contributed by atoms with Crippen LogP contribution >= 0.6 is 8.69 Å². The maximum absolute atomic E-state index is 8.35. The highest BCUT2D eigenvalue weighted by atomic mass is 31.1. The Kier molecular flexibility index (Phi) is 26.6. The van der Waals surface area contributed by atoms with Gasteiger partial charge in [-0.15, -0.1) is 0 Å². The molecule has 0 saturated carbocycles. The van der Waals surface area contributed by atoms with E-state index in [4.69, 9.17) is 9.46 Å². The Labute approximate surface area is 24.9 Å². The molecule has 4 heteroatoms. The van der Waals surface area contributed by atoms with Crippen molar-refractivity contribution in [2.45, 2.75) is 0 Å². The summed E-state index contributed by atoms with van der Waals surface area (Å²) >= 11 is 0. The lowest BCUT2D eigenvalue weighted by Gasteiger charge is -1.57. The van der Waals surface area contributed by atoms with Crippen molar-refractivity contribution in [3.05, 3.63) is 0 Å². The van der Waals surface area contributed by atoms with Gasteiger partial charge >= 0.3 is 0 Å². The maximum Gasteiger partial charge on any atom is 0.0642 e. The molecular weight excluding hydrogens is 79.0 g/mol. The van der Waals surface area contributed by atoms with E-state index in [-0.39, 0.29) is 5.48 Å². The molecule has 0 aromatic rings. The van der Waals surface area contributed by atoms with Crippen molar-refractivity contribution in [1.29, 1.82) is 0 Å². The van der Waals surface area contributed by atoms with E-state index in [1.54, 1.807) is 0 Å². The van der Waals surface area contributed by atoms with Gasteiger partial charge in [-0.05, 0) is 0 Å². The first-order valence-electron chi connectivity index (χ1n) is 0.365. The number of hydrogen-bond acceptors (Lipinski definition) is 2. The summed E-state index contributed by atoms with van der Waals surface area (Å²) in [6.45, 7) is 0. The zero-order valence-corrected chi connectivity index (χ0v) is 2.66. The van der Waals surface area contributed by atoms with Crippen LogP contribution in [0.25, 0.3) is 0 Å². The van der Waals surface area contributed by atoms with Crippen molar-refractivity contribution in [1.82, 2.24) is 0 Å². The maximum atomic E-state index is 8.35. The van der Waals surface area contributed by atoms with Crippen LogP contribution in [0.2, 0.25) is 0 Å². The smallest absolute Gasteiger partial charge is 0.0642 e. The Bertz CT molecular complexity index is 10.8. The minimum Gasteiger partial charge on any atom is -0.772 e. The van der Waals surface area contributed by atoms with Crippen molar-refractivity contribution in [3.8, 4) is 0 Å². The Balaban J connectivity index is 0. The predicted molar refractivity (Wildman–Crippen MR) is 11.2 cm³/mol. The van der Waals surface area contributed by atoms with E-state index >= 15 is 0 Å². The molecule has 0 rings (SSSR count). The Morgan fingerprint density at radius 2 is 1.75 bits per heavy atom. The summed E-state index contributed by atoms with van der Waals surface area (Å²) < 4.78 is 8.35. The SMILES string of the molecule is O.O=P[O-]. The molecule has 2 N–H and O–H groups in total. The normalized spacial score (nSPS) is 5.25. The Morgan fingerprint density at radius 1 is 1.75 bits per heavy atom. The highest BCUT2D eigenvalue weighted by Crippen LogP contribution is 1.53. The second kappa shape index (κ2) is 11.8. The van der Waals surface area contributed by atoms with E-state index in [0.29, 0.717) is 0 Å². The summed E-state index contributed by atoms with van der Waals surface area (Å²) in [5.41, 5.74) is 0. The molecule has 0 saturated heterocycles. The van der Waals surface area contributed by atoms with Gasteiger partial charge in [0.25, 0.3) is 0 Å². The minimum atomic E-state index is -1.08. The van der Waals surface area contributed by atoms with E-state index in [0.717, 1.165) is 0 Å². The average molecular weight is 81.0 g/mol. The minimum absolute atomic E-state index is 0. The molecule has 0 radical (unpaired) electrons. The van der Waals surface area contributed by atoms with Gasteiger partial charge in [0.15, 0.2) is 0 Å². The highest BCUT2D eigenvalue weighted by molar-refractivity contribution is 7.14. The quantitative estimate of drug-likeness (QED) is 0.341. The van der Waals surface area contributed by atoms with Crippen molar-refractivity contribution < 1.29 is 14.9 Å². The van der Waals surface area contributed by atoms with Crippen LogP contribution in [0.4, 0.5) is 0 Å². The lowest BCUT2D eigenvalue weighted by molar-refractivity contribution is -0.154. The molecule has 0 aliphatic heterocycles. The van der Waals surface area contributed by atoms with Gasteiger partial charge in [-0.3, -0.25) is 4.57 Å². The van der Waals surface area contributed by atoms with Gasteiger partial charge in [0.1, 0.15) is 0 Å². The van der Waals surface area contributed by atoms with Gasteiger partial charge in [-0.1, -0.05) is 0 Å². The van der Waals surface area contributed by atoms with Crippen molar-refractivity contribution in [2.75, 3.05) is 0 Å². The van der Waals surface area contributed by atoms with Gasteiger partial charge in [-0.25, -0.2) is 0 Å². The summed E-state index contributed by atoms with van der Waals surface area (Å²) in [7, 11) is -1.08. The summed E-state index contributed by atoms with van der Waals surface area (Å²) in [5.74, 6) is 0. The molecule has 0 unspecified atom stereocenters. The molecule has 0 heterocycles. The third-order valence-corrected chi connectivity index (χ3v) is 0. The van der Waals surface area contributed by atoms with Gasteiger partial charge in [0.2, 0.25) is 0 Å². The summed E-state index contributed by atoms with van der Waals surface area (Å²) in [4.78, 5) is 8.35. The first kappa shape index (κ1) is 8.99. The second-order valence-electron chi connectivity index (χ2n) is 0.0745. The molecule has 3 nitrogen and oxygen atoms in total. The Hall–Kier alpha value is 0.0200. The van der Waals surface area contributed by atoms with Gasteiger partial charge in [0.05, 0.1) is 8.69 Å². The van der Waals surface area contributed by atoms with E-state index in [1.165, 1.54) is 0 Å². The fourth-order valence-corrected chi connectivity index (χ4v) is 0. The molecule has 0 atom stereocenters. The van der Waals surface area contributed by atoms with Crippen LogP contribution < -0.4 is 4.89 Å². The zero-order valence-electron chi connectivity index (χ0n) is 1.76. The monoisotopic (exact) mass is 81.0 g/mol. The first-order chi connectivity index (χ1) is 1.41. The fraction of sp³-hybridized carbons (Fsp3) is 0. The number of hydrogen-bond donors (Lipinski definition) is 0. The first-order valence-corrected chi connectivity index (χ1v) is 1.10. The van der Waals surface area contributed by atoms with Crippen LogP contribution in [0.15, 0.2) is 0 Å². The predicted octanol–water partition coefficient (Wildman–Crippen LogP) is -1.27. The van der Waals surface area contributed by atoms with Crippen LogP contribution in [-0.4, -0.2) is 5.48 Å². The van der Waals surface area contributed by atoms with Gasteiger partial charge < -0.3 is 10.4 Å². The van der Waals surface area contributed by atoms with E-state index in [2.05, 4.69) is 0 Å². The van der Waals surface area contributed by atoms with Crippen LogP contribution in [0.3, 0.4) is 0 Å². The second-order valence-corrected chi connectivity index (χ2v) is 0.224.